The average Bonchev–Trinajstić information content (AvgIpc) is 2.64. The Balaban J connectivity index is 2.52. The summed E-state index contributed by atoms with van der Waals surface area (Å²) < 4.78 is 0.938. The molecule has 0 atom stereocenters. The maximum atomic E-state index is 12.3. The number of fused-ring (bicyclic) bond motifs is 1. The van der Waals surface area contributed by atoms with Crippen molar-refractivity contribution < 1.29 is 4.79 Å². The molecule has 0 aliphatic heterocycles. The van der Waals surface area contributed by atoms with Gasteiger partial charge in [0, 0.05) is 28.2 Å². The molecule has 0 radical (unpaired) electrons. The standard InChI is InChI=1S/C13H13Cl2NOS/c1-7(2)16(3)13(17)12-11(15)9-5-4-8(14)6-10(9)18-12/h4-7H,1-3H3. The van der Waals surface area contributed by atoms with Crippen molar-refractivity contribution in [2.24, 2.45) is 0 Å². The number of hydrogen-bond acceptors (Lipinski definition) is 2. The number of carbonyl (C=O) groups is 1. The number of carbonyl (C=O) groups excluding carboxylic acids is 1. The van der Waals surface area contributed by atoms with Gasteiger partial charge in [-0.05, 0) is 26.0 Å². The van der Waals surface area contributed by atoms with E-state index >= 15 is 0 Å². The first-order valence-corrected chi connectivity index (χ1v) is 7.13. The van der Waals surface area contributed by atoms with Crippen LogP contribution < -0.4 is 0 Å². The first-order chi connectivity index (χ1) is 8.41. The molecule has 0 saturated carbocycles. The van der Waals surface area contributed by atoms with Crippen molar-refractivity contribution in [2.75, 3.05) is 7.05 Å². The van der Waals surface area contributed by atoms with Gasteiger partial charge in [-0.2, -0.15) is 0 Å². The Hall–Kier alpha value is -0.770. The number of hydrogen-bond donors (Lipinski definition) is 0. The average molecular weight is 302 g/mol. The number of rotatable bonds is 2. The normalized spacial score (nSPS) is 11.2. The van der Waals surface area contributed by atoms with Gasteiger partial charge < -0.3 is 4.90 Å². The maximum absolute atomic E-state index is 12.3. The number of halogens is 2. The Morgan fingerprint density at radius 3 is 2.61 bits per heavy atom. The second kappa shape index (κ2) is 5.08. The summed E-state index contributed by atoms with van der Waals surface area (Å²) in [5.74, 6) is -0.0488. The highest BCUT2D eigenvalue weighted by Gasteiger charge is 2.21. The lowest BCUT2D eigenvalue weighted by Crippen LogP contribution is -2.32. The predicted octanol–water partition coefficient (Wildman–Crippen LogP) is 4.69. The maximum Gasteiger partial charge on any atom is 0.265 e. The third-order valence-electron chi connectivity index (χ3n) is 2.88. The minimum Gasteiger partial charge on any atom is -0.339 e. The molecule has 2 rings (SSSR count). The van der Waals surface area contributed by atoms with Crippen molar-refractivity contribution in [1.29, 1.82) is 0 Å². The van der Waals surface area contributed by atoms with Crippen molar-refractivity contribution in [3.63, 3.8) is 0 Å². The monoisotopic (exact) mass is 301 g/mol. The molecule has 0 unspecified atom stereocenters. The van der Waals surface area contributed by atoms with Gasteiger partial charge in [0.15, 0.2) is 0 Å². The first kappa shape index (κ1) is 13.7. The molecular formula is C13H13Cl2NOS. The van der Waals surface area contributed by atoms with E-state index in [1.54, 1.807) is 18.0 Å². The van der Waals surface area contributed by atoms with Crippen LogP contribution in [0.15, 0.2) is 18.2 Å². The van der Waals surface area contributed by atoms with Crippen LogP contribution in [0.5, 0.6) is 0 Å². The molecule has 0 aliphatic carbocycles. The number of thiophene rings is 1. The molecule has 0 bridgehead atoms. The summed E-state index contributed by atoms with van der Waals surface area (Å²) in [4.78, 5) is 14.5. The largest absolute Gasteiger partial charge is 0.339 e. The van der Waals surface area contributed by atoms with E-state index in [1.807, 2.05) is 26.0 Å². The summed E-state index contributed by atoms with van der Waals surface area (Å²) >= 11 is 13.6. The van der Waals surface area contributed by atoms with E-state index in [0.717, 1.165) is 10.1 Å². The summed E-state index contributed by atoms with van der Waals surface area (Å²) in [6, 6.07) is 5.60. The molecule has 0 fully saturated rings. The molecule has 1 amide bonds. The molecule has 2 aromatic rings. The Bertz CT molecular complexity index is 606. The van der Waals surface area contributed by atoms with Crippen LogP contribution in [0, 0.1) is 0 Å². The first-order valence-electron chi connectivity index (χ1n) is 5.56. The topological polar surface area (TPSA) is 20.3 Å². The van der Waals surface area contributed by atoms with Crippen LogP contribution in [0.25, 0.3) is 10.1 Å². The minimum atomic E-state index is -0.0488. The van der Waals surface area contributed by atoms with Crippen molar-refractivity contribution in [2.45, 2.75) is 19.9 Å². The lowest BCUT2D eigenvalue weighted by Gasteiger charge is -2.20. The molecule has 1 aromatic heterocycles. The van der Waals surface area contributed by atoms with Crippen LogP contribution in [0.4, 0.5) is 0 Å². The van der Waals surface area contributed by atoms with Crippen LogP contribution in [0.1, 0.15) is 23.5 Å². The van der Waals surface area contributed by atoms with Crippen LogP contribution >= 0.6 is 34.5 Å². The fourth-order valence-corrected chi connectivity index (χ4v) is 3.34. The van der Waals surface area contributed by atoms with Gasteiger partial charge in [0.25, 0.3) is 5.91 Å². The molecule has 0 saturated heterocycles. The zero-order valence-electron chi connectivity index (χ0n) is 10.3. The fraction of sp³-hybridized carbons (Fsp3) is 0.308. The van der Waals surface area contributed by atoms with Gasteiger partial charge in [0.2, 0.25) is 0 Å². The summed E-state index contributed by atoms with van der Waals surface area (Å²) in [6.45, 7) is 3.94. The molecule has 96 valence electrons. The van der Waals surface area contributed by atoms with Gasteiger partial charge in [-0.3, -0.25) is 4.79 Å². The second-order valence-corrected chi connectivity index (χ2v) is 6.26. The highest BCUT2D eigenvalue weighted by molar-refractivity contribution is 7.21. The van der Waals surface area contributed by atoms with Crippen molar-refractivity contribution in [3.8, 4) is 0 Å². The Morgan fingerprint density at radius 2 is 2.00 bits per heavy atom. The molecule has 0 spiro atoms. The fourth-order valence-electron chi connectivity index (χ4n) is 1.57. The van der Waals surface area contributed by atoms with Crippen LogP contribution in [-0.2, 0) is 0 Å². The number of nitrogens with zero attached hydrogens (tertiary/aromatic N) is 1. The van der Waals surface area contributed by atoms with Crippen molar-refractivity contribution >= 4 is 50.5 Å². The van der Waals surface area contributed by atoms with Gasteiger partial charge in [0.1, 0.15) is 4.88 Å². The SMILES string of the molecule is CC(C)N(C)C(=O)c1sc2cc(Cl)ccc2c1Cl. The van der Waals surface area contributed by atoms with E-state index < -0.39 is 0 Å². The predicted molar refractivity (Wildman–Crippen MR) is 79.1 cm³/mol. The summed E-state index contributed by atoms with van der Waals surface area (Å²) in [6.07, 6.45) is 0. The van der Waals surface area contributed by atoms with Crippen LogP contribution in [0.3, 0.4) is 0 Å². The van der Waals surface area contributed by atoms with Gasteiger partial charge in [0.05, 0.1) is 5.02 Å². The van der Waals surface area contributed by atoms with E-state index in [-0.39, 0.29) is 11.9 Å². The van der Waals surface area contributed by atoms with E-state index in [2.05, 4.69) is 0 Å². The van der Waals surface area contributed by atoms with E-state index in [0.29, 0.717) is 14.9 Å². The quantitative estimate of drug-likeness (QED) is 0.788. The molecule has 0 N–H and O–H groups in total. The van der Waals surface area contributed by atoms with Crippen LogP contribution in [-0.4, -0.2) is 23.9 Å². The molecule has 1 heterocycles. The van der Waals surface area contributed by atoms with Gasteiger partial charge >= 0.3 is 0 Å². The Morgan fingerprint density at radius 1 is 1.33 bits per heavy atom. The van der Waals surface area contributed by atoms with E-state index in [9.17, 15) is 4.79 Å². The third-order valence-corrected chi connectivity index (χ3v) is 4.76. The van der Waals surface area contributed by atoms with Gasteiger partial charge in [-0.25, -0.2) is 0 Å². The molecule has 18 heavy (non-hydrogen) atoms. The third kappa shape index (κ3) is 2.35. The Labute approximate surface area is 120 Å². The molecule has 2 nitrogen and oxygen atoms in total. The van der Waals surface area contributed by atoms with Crippen molar-refractivity contribution in [3.05, 3.63) is 33.1 Å². The van der Waals surface area contributed by atoms with E-state index in [4.69, 9.17) is 23.2 Å². The van der Waals surface area contributed by atoms with Gasteiger partial charge in [-0.15, -0.1) is 11.3 Å². The zero-order chi connectivity index (χ0) is 13.4. The Kier molecular flexibility index (Phi) is 3.85. The number of amides is 1. The molecular weight excluding hydrogens is 289 g/mol. The van der Waals surface area contributed by atoms with Gasteiger partial charge in [-0.1, -0.05) is 29.3 Å². The highest BCUT2D eigenvalue weighted by Crippen LogP contribution is 2.37. The summed E-state index contributed by atoms with van der Waals surface area (Å²) in [7, 11) is 1.78. The minimum absolute atomic E-state index is 0.0488. The molecule has 1 aromatic carbocycles. The zero-order valence-corrected chi connectivity index (χ0v) is 12.7. The lowest BCUT2D eigenvalue weighted by molar-refractivity contribution is 0.0760. The van der Waals surface area contributed by atoms with E-state index in [1.165, 1.54) is 11.3 Å². The number of benzene rings is 1. The highest BCUT2D eigenvalue weighted by atomic mass is 35.5. The molecule has 0 aliphatic rings. The summed E-state index contributed by atoms with van der Waals surface area (Å²) in [5.41, 5.74) is 0. The second-order valence-electron chi connectivity index (χ2n) is 4.40. The lowest BCUT2D eigenvalue weighted by atomic mass is 10.2. The molecule has 5 heteroatoms. The van der Waals surface area contributed by atoms with Crippen molar-refractivity contribution in [1.82, 2.24) is 4.90 Å². The summed E-state index contributed by atoms with van der Waals surface area (Å²) in [5, 5.41) is 2.05. The van der Waals surface area contributed by atoms with Crippen LogP contribution in [0.2, 0.25) is 10.0 Å². The smallest absolute Gasteiger partial charge is 0.265 e.